The van der Waals surface area contributed by atoms with E-state index in [1.165, 1.54) is 34.8 Å². The first-order valence-corrected chi connectivity index (χ1v) is 27.6. The van der Waals surface area contributed by atoms with Crippen LogP contribution in [0.1, 0.15) is 52.0 Å². The molecule has 5 aromatic rings. The summed E-state index contributed by atoms with van der Waals surface area (Å²) in [5.74, 6) is 0.839. The number of sulfonamides is 1. The first-order chi connectivity index (χ1) is 32.9. The van der Waals surface area contributed by atoms with Crippen molar-refractivity contribution < 1.29 is 34.7 Å². The Morgan fingerprint density at radius 1 is 0.870 bits per heavy atom. The highest BCUT2D eigenvalue weighted by molar-refractivity contribution is 7.99. The molecule has 12 nitrogen and oxygen atoms in total. The predicted molar refractivity (Wildman–Crippen MR) is 270 cm³/mol. The van der Waals surface area contributed by atoms with Crippen LogP contribution in [-0.4, -0.2) is 119 Å². The summed E-state index contributed by atoms with van der Waals surface area (Å²) in [6.07, 6.45) is 4.88. The van der Waals surface area contributed by atoms with Gasteiger partial charge < -0.3 is 15.0 Å². The van der Waals surface area contributed by atoms with Crippen LogP contribution in [0, 0.1) is 11.3 Å². The average Bonchev–Trinajstić information content (AvgIpc) is 3.33. The number of alkyl halides is 3. The molecule has 4 aromatic carbocycles. The maximum atomic E-state index is 14.3. The molecule has 2 aliphatic heterocycles. The minimum Gasteiger partial charge on any atom is -0.380 e. The predicted octanol–water partition coefficient (Wildman–Crippen LogP) is 10.1. The van der Waals surface area contributed by atoms with Gasteiger partial charge in [0.2, 0.25) is 0 Å². The van der Waals surface area contributed by atoms with Crippen molar-refractivity contribution in [3.05, 3.63) is 113 Å². The highest BCUT2D eigenvalue weighted by Gasteiger charge is 2.48. The average molecular weight is 1030 g/mol. The number of hydrogen-bond donors (Lipinski definition) is 2. The molecule has 2 fully saturated rings. The summed E-state index contributed by atoms with van der Waals surface area (Å²) < 4.78 is 105. The van der Waals surface area contributed by atoms with Gasteiger partial charge in [0.15, 0.2) is 5.82 Å². The Bertz CT molecular complexity index is 2850. The number of nitrogens with one attached hydrogen (secondary N) is 2. The van der Waals surface area contributed by atoms with Crippen LogP contribution in [0.5, 0.6) is 0 Å². The Labute approximate surface area is 413 Å². The van der Waals surface area contributed by atoms with E-state index in [0.29, 0.717) is 67.9 Å². The second kappa shape index (κ2) is 21.5. The summed E-state index contributed by atoms with van der Waals surface area (Å²) in [5.41, 5.74) is -0.355. The molecule has 0 spiro atoms. The maximum absolute atomic E-state index is 14.3. The van der Waals surface area contributed by atoms with Crippen LogP contribution in [0.25, 0.3) is 16.5 Å². The SMILES string of the molecule is CC(C)[C@@]1(C)CCC(c2ccc(Cl)cc2)=C(CN2CCN(c3ccc4c(NS(=O)(=O)c5ccc(N[C@H](CCN6CCOCC6)CSc6ccccc6)c(S(=O)(=O)C(F)(F)F)c5)ncnc4c3)CC2)C1. The highest BCUT2D eigenvalue weighted by atomic mass is 35.5. The van der Waals surface area contributed by atoms with Crippen LogP contribution in [-0.2, 0) is 24.6 Å². The fourth-order valence-corrected chi connectivity index (χ4v) is 12.5. The number of sulfone groups is 1. The number of allylic oxidation sites excluding steroid dienone is 1. The molecule has 2 N–H and O–H groups in total. The van der Waals surface area contributed by atoms with E-state index >= 15 is 0 Å². The normalized spacial score (nSPS) is 19.6. The number of piperazine rings is 1. The second-order valence-corrected chi connectivity index (χ2v) is 23.8. The lowest BCUT2D eigenvalue weighted by Crippen LogP contribution is -2.47. The number of nitrogens with zero attached hydrogens (tertiary/aromatic N) is 5. The van der Waals surface area contributed by atoms with Crippen LogP contribution in [0.15, 0.2) is 118 Å². The molecule has 1 aliphatic carbocycles. The van der Waals surface area contributed by atoms with Crippen molar-refractivity contribution >= 4 is 76.9 Å². The summed E-state index contributed by atoms with van der Waals surface area (Å²) in [5, 5.41) is 4.13. The highest BCUT2D eigenvalue weighted by Crippen LogP contribution is 2.47. The smallest absolute Gasteiger partial charge is 0.380 e. The quantitative estimate of drug-likeness (QED) is 0.0858. The van der Waals surface area contributed by atoms with Crippen LogP contribution in [0.4, 0.5) is 30.4 Å². The number of hydrogen-bond acceptors (Lipinski definition) is 12. The van der Waals surface area contributed by atoms with Gasteiger partial charge in [0.05, 0.1) is 29.3 Å². The van der Waals surface area contributed by atoms with E-state index in [1.807, 2.05) is 54.6 Å². The first-order valence-electron chi connectivity index (χ1n) is 23.3. The van der Waals surface area contributed by atoms with Gasteiger partial charge in [0.1, 0.15) is 11.2 Å². The summed E-state index contributed by atoms with van der Waals surface area (Å²) >= 11 is 7.73. The number of halogens is 4. The summed E-state index contributed by atoms with van der Waals surface area (Å²) in [7, 11) is -10.7. The minimum atomic E-state index is -6.02. The van der Waals surface area contributed by atoms with Crippen molar-refractivity contribution in [1.29, 1.82) is 0 Å². The maximum Gasteiger partial charge on any atom is 0.501 e. The van der Waals surface area contributed by atoms with Crippen molar-refractivity contribution in [2.45, 2.75) is 72.7 Å². The Morgan fingerprint density at radius 3 is 2.29 bits per heavy atom. The zero-order valence-corrected chi connectivity index (χ0v) is 42.2. The van der Waals surface area contributed by atoms with Crippen LogP contribution >= 0.6 is 23.4 Å². The molecular weight excluding hydrogens is 967 g/mol. The summed E-state index contributed by atoms with van der Waals surface area (Å²) in [4.78, 5) is 14.6. The fourth-order valence-electron chi connectivity index (χ4n) is 9.29. The largest absolute Gasteiger partial charge is 0.501 e. The van der Waals surface area contributed by atoms with Crippen molar-refractivity contribution in [3.8, 4) is 0 Å². The lowest BCUT2D eigenvalue weighted by molar-refractivity contribution is -0.0435. The van der Waals surface area contributed by atoms with Crippen molar-refractivity contribution in [2.24, 2.45) is 11.3 Å². The molecule has 3 heterocycles. The lowest BCUT2D eigenvalue weighted by atomic mass is 9.66. The molecule has 0 unspecified atom stereocenters. The molecule has 0 amide bonds. The van der Waals surface area contributed by atoms with E-state index in [1.54, 1.807) is 6.07 Å². The third-order valence-corrected chi connectivity index (χ3v) is 18.2. The second-order valence-electron chi connectivity index (χ2n) is 18.7. The van der Waals surface area contributed by atoms with Crippen LogP contribution < -0.4 is 14.9 Å². The van der Waals surface area contributed by atoms with Crippen molar-refractivity contribution in [3.63, 3.8) is 0 Å². The molecule has 3 aliphatic rings. The van der Waals surface area contributed by atoms with Crippen molar-refractivity contribution in [2.75, 3.05) is 86.3 Å². The number of ether oxygens (including phenoxy) is 1. The van der Waals surface area contributed by atoms with Gasteiger partial charge >= 0.3 is 5.51 Å². The monoisotopic (exact) mass is 1030 g/mol. The molecule has 2 atom stereocenters. The molecule has 8 rings (SSSR count). The van der Waals surface area contributed by atoms with Crippen molar-refractivity contribution in [1.82, 2.24) is 19.8 Å². The zero-order chi connectivity index (χ0) is 49.0. The van der Waals surface area contributed by atoms with Gasteiger partial charge in [0, 0.05) is 85.1 Å². The van der Waals surface area contributed by atoms with Crippen LogP contribution in [0.2, 0.25) is 5.02 Å². The van der Waals surface area contributed by atoms with E-state index in [4.69, 9.17) is 16.3 Å². The fraction of sp³-hybridized carbons (Fsp3) is 0.440. The Hall–Kier alpha value is -4.43. The molecule has 0 bridgehead atoms. The Kier molecular flexibility index (Phi) is 15.9. The number of thioether (sulfide) groups is 1. The van der Waals surface area contributed by atoms with Gasteiger partial charge in [-0.25, -0.2) is 26.8 Å². The number of rotatable bonds is 17. The third kappa shape index (κ3) is 12.2. The lowest BCUT2D eigenvalue weighted by Gasteiger charge is -2.42. The molecule has 69 heavy (non-hydrogen) atoms. The zero-order valence-electron chi connectivity index (χ0n) is 39.0. The van der Waals surface area contributed by atoms with Crippen LogP contribution in [0.3, 0.4) is 0 Å². The Morgan fingerprint density at radius 2 is 1.59 bits per heavy atom. The van der Waals surface area contributed by atoms with E-state index in [2.05, 4.69) is 67.6 Å². The number of anilines is 3. The summed E-state index contributed by atoms with van der Waals surface area (Å²) in [6.45, 7) is 14.2. The van der Waals surface area contributed by atoms with Gasteiger partial charge in [-0.2, -0.15) is 13.2 Å². The van der Waals surface area contributed by atoms with E-state index < -0.39 is 41.2 Å². The van der Waals surface area contributed by atoms with Gasteiger partial charge in [-0.05, 0) is 109 Å². The topological polar surface area (TPSA) is 137 Å². The molecular formula is C50H59ClF3N7O5S3. The number of benzene rings is 4. The van der Waals surface area contributed by atoms with E-state index in [0.717, 1.165) is 79.7 Å². The minimum absolute atomic E-state index is 0.106. The molecule has 1 aromatic heterocycles. The number of fused-ring (bicyclic) bond motifs is 1. The first kappa shape index (κ1) is 50.9. The molecule has 370 valence electrons. The number of morpholine rings is 1. The molecule has 0 radical (unpaired) electrons. The Balaban J connectivity index is 0.985. The van der Waals surface area contributed by atoms with Gasteiger partial charge in [-0.15, -0.1) is 11.8 Å². The molecule has 19 heteroatoms. The number of aromatic nitrogens is 2. The van der Waals surface area contributed by atoms with Gasteiger partial charge in [-0.1, -0.05) is 68.3 Å². The van der Waals surface area contributed by atoms with Gasteiger partial charge in [0.25, 0.3) is 19.9 Å². The molecule has 0 saturated carbocycles. The summed E-state index contributed by atoms with van der Waals surface area (Å²) in [6, 6.07) is 25.3. The standard InChI is InChI=1S/C50H59ClF3N7O5S3/c1-35(2)49(3)19-17-43(36-9-11-38(51)12-10-36)37(31-49)32-60-21-23-61(24-22-60)40-13-15-44-46(29-40)55-34-56-48(44)58-69(64,65)42-14-16-45(47(30-42)68(62,63)50(52,53)54)57-39(18-20-59-25-27-66-28-26-59)33-67-41-7-5-4-6-8-41/h4-16,29-30,34-35,39,57H,17-28,31-33H2,1-3H3,(H,55,56,58)/t39-,49+/m1/s1. The van der Waals surface area contributed by atoms with Gasteiger partial charge in [-0.3, -0.25) is 14.5 Å². The van der Waals surface area contributed by atoms with E-state index in [-0.39, 0.29) is 16.9 Å². The molecule has 2 saturated heterocycles. The van der Waals surface area contributed by atoms with E-state index in [9.17, 15) is 30.0 Å². The third-order valence-electron chi connectivity index (χ3n) is 13.9.